The number of carboxylic acid groups (broad SMARTS) is 1. The van der Waals surface area contributed by atoms with E-state index in [4.69, 9.17) is 15.1 Å². The van der Waals surface area contributed by atoms with Gasteiger partial charge in [0.25, 0.3) is 5.91 Å². The number of carbonyl (C=O) groups excluding carboxylic acids is 1. The van der Waals surface area contributed by atoms with Crippen LogP contribution >= 0.6 is 0 Å². The molecule has 0 spiro atoms. The largest absolute Gasteiger partial charge is 0.481 e. The summed E-state index contributed by atoms with van der Waals surface area (Å²) < 4.78 is 0. The van der Waals surface area contributed by atoms with Crippen molar-refractivity contribution in [2.24, 2.45) is 0 Å². The number of aromatic nitrogens is 3. The van der Waals surface area contributed by atoms with Crippen LogP contribution in [-0.2, 0) is 11.2 Å². The van der Waals surface area contributed by atoms with Crippen LogP contribution in [-0.4, -0.2) is 31.9 Å². The Labute approximate surface area is 220 Å². The molecule has 0 bridgehead atoms. The lowest BCUT2D eigenvalue weighted by atomic mass is 10.0. The number of pyridine rings is 1. The SMILES string of the molecule is C[C@@H](NC(=O)c1ccc2nc(-c3ccccc3)c(CCCCC(=O)O)nc2c1)c1cccc2ncccc12. The maximum atomic E-state index is 13.2. The minimum Gasteiger partial charge on any atom is -0.481 e. The third-order valence-electron chi connectivity index (χ3n) is 6.59. The van der Waals surface area contributed by atoms with Gasteiger partial charge >= 0.3 is 5.97 Å². The van der Waals surface area contributed by atoms with Gasteiger partial charge < -0.3 is 10.4 Å². The summed E-state index contributed by atoms with van der Waals surface area (Å²) in [4.78, 5) is 38.4. The van der Waals surface area contributed by atoms with Crippen LogP contribution in [0.4, 0.5) is 0 Å². The third-order valence-corrected chi connectivity index (χ3v) is 6.59. The van der Waals surface area contributed by atoms with Crippen molar-refractivity contribution in [3.63, 3.8) is 0 Å². The molecule has 7 nitrogen and oxygen atoms in total. The van der Waals surface area contributed by atoms with Crippen LogP contribution in [0.1, 0.15) is 53.8 Å². The molecule has 2 aromatic heterocycles. The van der Waals surface area contributed by atoms with Gasteiger partial charge in [-0.3, -0.25) is 14.6 Å². The van der Waals surface area contributed by atoms with Crippen molar-refractivity contribution in [2.45, 2.75) is 38.6 Å². The molecule has 190 valence electrons. The number of benzene rings is 3. The smallest absolute Gasteiger partial charge is 0.303 e. The van der Waals surface area contributed by atoms with Crippen molar-refractivity contribution in [3.8, 4) is 11.3 Å². The highest BCUT2D eigenvalue weighted by Gasteiger charge is 2.16. The Kier molecular flexibility index (Phi) is 7.35. The zero-order chi connectivity index (χ0) is 26.5. The highest BCUT2D eigenvalue weighted by Crippen LogP contribution is 2.26. The van der Waals surface area contributed by atoms with E-state index >= 15 is 0 Å². The first kappa shape index (κ1) is 25.0. The number of hydrogen-bond donors (Lipinski definition) is 2. The maximum Gasteiger partial charge on any atom is 0.303 e. The van der Waals surface area contributed by atoms with Gasteiger partial charge in [-0.1, -0.05) is 48.5 Å². The number of aliphatic carboxylic acids is 1. The van der Waals surface area contributed by atoms with Gasteiger partial charge in [0.2, 0.25) is 0 Å². The van der Waals surface area contributed by atoms with Gasteiger partial charge in [-0.25, -0.2) is 9.97 Å². The molecule has 7 heteroatoms. The molecule has 5 aromatic rings. The number of aryl methyl sites for hydroxylation is 1. The summed E-state index contributed by atoms with van der Waals surface area (Å²) >= 11 is 0. The van der Waals surface area contributed by atoms with Crippen molar-refractivity contribution in [2.75, 3.05) is 0 Å². The highest BCUT2D eigenvalue weighted by atomic mass is 16.4. The zero-order valence-electron chi connectivity index (χ0n) is 21.1. The molecule has 0 aliphatic carbocycles. The van der Waals surface area contributed by atoms with Crippen molar-refractivity contribution in [3.05, 3.63) is 102 Å². The summed E-state index contributed by atoms with van der Waals surface area (Å²) in [6, 6.07) is 24.8. The molecule has 5 rings (SSSR count). The lowest BCUT2D eigenvalue weighted by molar-refractivity contribution is -0.137. The summed E-state index contributed by atoms with van der Waals surface area (Å²) in [7, 11) is 0. The van der Waals surface area contributed by atoms with Gasteiger partial charge in [0.15, 0.2) is 0 Å². The number of carbonyl (C=O) groups is 2. The number of unbranched alkanes of at least 4 members (excludes halogenated alkanes) is 1. The summed E-state index contributed by atoms with van der Waals surface area (Å²) in [6.45, 7) is 1.96. The summed E-state index contributed by atoms with van der Waals surface area (Å²) in [5.41, 5.74) is 6.25. The van der Waals surface area contributed by atoms with Crippen molar-refractivity contribution in [1.82, 2.24) is 20.3 Å². The number of nitrogens with zero attached hydrogens (tertiary/aromatic N) is 3. The fourth-order valence-corrected chi connectivity index (χ4v) is 4.66. The number of carboxylic acids is 1. The molecule has 0 radical (unpaired) electrons. The summed E-state index contributed by atoms with van der Waals surface area (Å²) in [5.74, 6) is -1.00. The van der Waals surface area contributed by atoms with Gasteiger partial charge in [0.1, 0.15) is 0 Å². The average Bonchev–Trinajstić information content (AvgIpc) is 2.94. The van der Waals surface area contributed by atoms with Crippen LogP contribution < -0.4 is 5.32 Å². The molecule has 2 heterocycles. The van der Waals surface area contributed by atoms with Crippen LogP contribution in [0.5, 0.6) is 0 Å². The number of nitrogens with one attached hydrogen (secondary N) is 1. The molecular formula is C31H28N4O3. The minimum absolute atomic E-state index is 0.122. The number of hydrogen-bond acceptors (Lipinski definition) is 5. The first-order valence-electron chi connectivity index (χ1n) is 12.7. The Morgan fingerprint density at radius 2 is 1.71 bits per heavy atom. The normalized spacial score (nSPS) is 11.9. The van der Waals surface area contributed by atoms with Crippen molar-refractivity contribution < 1.29 is 14.7 Å². The van der Waals surface area contributed by atoms with Crippen molar-refractivity contribution in [1.29, 1.82) is 0 Å². The predicted molar refractivity (Wildman–Crippen MR) is 148 cm³/mol. The fraction of sp³-hybridized carbons (Fsp3) is 0.194. The lowest BCUT2D eigenvalue weighted by Crippen LogP contribution is -2.26. The molecule has 0 unspecified atom stereocenters. The van der Waals surface area contributed by atoms with E-state index in [0.717, 1.165) is 33.4 Å². The van der Waals surface area contributed by atoms with Crippen LogP contribution in [0, 0.1) is 0 Å². The molecule has 1 amide bonds. The first-order chi connectivity index (χ1) is 18.5. The zero-order valence-corrected chi connectivity index (χ0v) is 21.1. The number of amides is 1. The maximum absolute atomic E-state index is 13.2. The Bertz CT molecular complexity index is 1610. The Morgan fingerprint density at radius 1 is 0.868 bits per heavy atom. The molecule has 0 fully saturated rings. The quantitative estimate of drug-likeness (QED) is 0.234. The lowest BCUT2D eigenvalue weighted by Gasteiger charge is -2.17. The van der Waals surface area contributed by atoms with E-state index in [0.29, 0.717) is 35.9 Å². The molecule has 0 saturated carbocycles. The molecule has 0 aliphatic rings. The monoisotopic (exact) mass is 504 g/mol. The van der Waals surface area contributed by atoms with E-state index < -0.39 is 5.97 Å². The van der Waals surface area contributed by atoms with Crippen LogP contribution in [0.3, 0.4) is 0 Å². The van der Waals surface area contributed by atoms with Gasteiger partial charge in [0.05, 0.1) is 34.0 Å². The second kappa shape index (κ2) is 11.2. The van der Waals surface area contributed by atoms with Gasteiger partial charge in [-0.15, -0.1) is 0 Å². The average molecular weight is 505 g/mol. The molecular weight excluding hydrogens is 476 g/mol. The van der Waals surface area contributed by atoms with E-state index in [1.54, 1.807) is 18.3 Å². The molecule has 2 N–H and O–H groups in total. The van der Waals surface area contributed by atoms with Gasteiger partial charge in [-0.05, 0) is 62.1 Å². The second-order valence-electron chi connectivity index (χ2n) is 9.30. The summed E-state index contributed by atoms with van der Waals surface area (Å²) in [5, 5.41) is 13.1. The number of fused-ring (bicyclic) bond motifs is 2. The summed E-state index contributed by atoms with van der Waals surface area (Å²) in [6.07, 6.45) is 3.73. The first-order valence-corrected chi connectivity index (χ1v) is 12.7. The van der Waals surface area contributed by atoms with Crippen LogP contribution in [0.25, 0.3) is 33.2 Å². The molecule has 38 heavy (non-hydrogen) atoms. The molecule has 3 aromatic carbocycles. The standard InChI is InChI=1S/C31H28N4O3/c1-20(23-11-7-14-25-24(23)12-8-18-32-25)33-31(38)22-16-17-26-28(19-22)34-27(13-5-6-15-29(36)37)30(35-26)21-9-3-2-4-10-21/h2-4,7-12,14,16-20H,5-6,13,15H2,1H3,(H,33,38)(H,36,37)/t20-/m1/s1. The molecule has 1 atom stereocenters. The van der Waals surface area contributed by atoms with Crippen LogP contribution in [0.2, 0.25) is 0 Å². The predicted octanol–water partition coefficient (Wildman–Crippen LogP) is 6.13. The van der Waals surface area contributed by atoms with E-state index in [-0.39, 0.29) is 18.4 Å². The van der Waals surface area contributed by atoms with Gasteiger partial charge in [-0.2, -0.15) is 0 Å². The van der Waals surface area contributed by atoms with E-state index in [1.807, 2.05) is 73.7 Å². The van der Waals surface area contributed by atoms with E-state index in [1.165, 1.54) is 0 Å². The topological polar surface area (TPSA) is 105 Å². The molecule has 0 saturated heterocycles. The highest BCUT2D eigenvalue weighted by molar-refractivity contribution is 5.98. The van der Waals surface area contributed by atoms with Crippen LogP contribution in [0.15, 0.2) is 85.1 Å². The minimum atomic E-state index is -0.803. The second-order valence-corrected chi connectivity index (χ2v) is 9.30. The Balaban J connectivity index is 1.43. The molecule has 0 aliphatic heterocycles. The number of rotatable bonds is 9. The third kappa shape index (κ3) is 5.52. The van der Waals surface area contributed by atoms with E-state index in [9.17, 15) is 9.59 Å². The van der Waals surface area contributed by atoms with Crippen molar-refractivity contribution >= 4 is 33.8 Å². The van der Waals surface area contributed by atoms with Gasteiger partial charge in [0, 0.05) is 29.1 Å². The fourth-order valence-electron chi connectivity index (χ4n) is 4.66. The Hall–Kier alpha value is -4.65. The Morgan fingerprint density at radius 3 is 2.53 bits per heavy atom. The van der Waals surface area contributed by atoms with E-state index in [2.05, 4.69) is 10.3 Å².